The number of carbonyl (C=O) groups excluding carboxylic acids is 1. The van der Waals surface area contributed by atoms with Crippen molar-refractivity contribution < 1.29 is 10.0 Å². The topological polar surface area (TPSA) is 49.3 Å². The molecule has 0 aromatic heterocycles. The molecule has 2 rings (SSSR count). The monoisotopic (exact) mass is 227 g/mol. The number of hydroxylamine groups is 1. The van der Waals surface area contributed by atoms with E-state index in [1.807, 2.05) is 24.3 Å². The number of benzene rings is 2. The van der Waals surface area contributed by atoms with Crippen molar-refractivity contribution in [2.24, 2.45) is 0 Å². The Hall–Kier alpha value is -1.97. The lowest BCUT2D eigenvalue weighted by molar-refractivity contribution is 0.0764. The van der Waals surface area contributed by atoms with Crippen LogP contribution in [0.15, 0.2) is 60.7 Å². The van der Waals surface area contributed by atoms with Gasteiger partial charge in [-0.25, -0.2) is 0 Å². The van der Waals surface area contributed by atoms with Crippen LogP contribution in [0.3, 0.4) is 0 Å². The minimum absolute atomic E-state index is 0.153. The second kappa shape index (κ2) is 5.39. The van der Waals surface area contributed by atoms with Crippen molar-refractivity contribution in [2.45, 2.75) is 6.04 Å². The Bertz CT molecular complexity index is 482. The molecule has 0 bridgehead atoms. The minimum Gasteiger partial charge on any atom is -0.316 e. The molecule has 3 heteroatoms. The van der Waals surface area contributed by atoms with Crippen LogP contribution in [0, 0.1) is 0 Å². The fourth-order valence-electron chi connectivity index (χ4n) is 1.70. The zero-order valence-electron chi connectivity index (χ0n) is 9.21. The summed E-state index contributed by atoms with van der Waals surface area (Å²) in [7, 11) is 0. The first kappa shape index (κ1) is 11.5. The van der Waals surface area contributed by atoms with E-state index in [4.69, 9.17) is 5.21 Å². The van der Waals surface area contributed by atoms with E-state index >= 15 is 0 Å². The van der Waals surface area contributed by atoms with Gasteiger partial charge in [-0.15, -0.1) is 0 Å². The van der Waals surface area contributed by atoms with E-state index < -0.39 is 6.04 Å². The van der Waals surface area contributed by atoms with Gasteiger partial charge in [0.05, 0.1) is 0 Å². The minimum atomic E-state index is -0.724. The normalized spacial score (nSPS) is 12.1. The Morgan fingerprint density at radius 1 is 0.941 bits per heavy atom. The highest BCUT2D eigenvalue weighted by Gasteiger charge is 2.20. The fourth-order valence-corrected chi connectivity index (χ4v) is 1.70. The summed E-state index contributed by atoms with van der Waals surface area (Å²) in [4.78, 5) is 12.2. The van der Waals surface area contributed by atoms with Crippen molar-refractivity contribution in [3.05, 3.63) is 71.8 Å². The SMILES string of the molecule is O=C(c1ccccc1)[C@@H](NO)c1ccccc1. The molecule has 0 aliphatic rings. The summed E-state index contributed by atoms with van der Waals surface area (Å²) in [5, 5.41) is 9.14. The second-order valence-electron chi connectivity index (χ2n) is 3.70. The number of hydrogen-bond donors (Lipinski definition) is 2. The number of carbonyl (C=O) groups is 1. The van der Waals surface area contributed by atoms with Crippen LogP contribution in [0.1, 0.15) is 22.0 Å². The van der Waals surface area contributed by atoms with Crippen LogP contribution in [-0.2, 0) is 0 Å². The van der Waals surface area contributed by atoms with Gasteiger partial charge in [-0.05, 0) is 5.56 Å². The molecule has 0 radical (unpaired) electrons. The summed E-state index contributed by atoms with van der Waals surface area (Å²) in [5.74, 6) is -0.153. The maximum absolute atomic E-state index is 12.2. The van der Waals surface area contributed by atoms with E-state index in [9.17, 15) is 4.79 Å². The standard InChI is InChI=1S/C14H13NO2/c16-14(12-9-5-2-6-10-12)13(15-17)11-7-3-1-4-8-11/h1-10,13,15,17H/t13-/m0/s1. The summed E-state index contributed by atoms with van der Waals surface area (Å²) < 4.78 is 0. The summed E-state index contributed by atoms with van der Waals surface area (Å²) in [6.45, 7) is 0. The molecule has 0 aliphatic carbocycles. The molecule has 2 N–H and O–H groups in total. The second-order valence-corrected chi connectivity index (χ2v) is 3.70. The maximum atomic E-state index is 12.2. The van der Waals surface area contributed by atoms with Gasteiger partial charge in [-0.3, -0.25) is 4.79 Å². The predicted molar refractivity (Wildman–Crippen MR) is 64.9 cm³/mol. The third kappa shape index (κ3) is 2.58. The highest BCUT2D eigenvalue weighted by molar-refractivity contribution is 6.00. The van der Waals surface area contributed by atoms with Crippen LogP contribution in [0.25, 0.3) is 0 Å². The van der Waals surface area contributed by atoms with Crippen molar-refractivity contribution in [2.75, 3.05) is 0 Å². The van der Waals surface area contributed by atoms with Gasteiger partial charge in [0, 0.05) is 5.56 Å². The summed E-state index contributed by atoms with van der Waals surface area (Å²) in [6, 6.07) is 17.3. The van der Waals surface area contributed by atoms with E-state index in [1.165, 1.54) is 0 Å². The van der Waals surface area contributed by atoms with E-state index in [-0.39, 0.29) is 5.78 Å². The number of rotatable bonds is 4. The molecule has 0 saturated heterocycles. The Kier molecular flexibility index (Phi) is 3.65. The molecule has 0 amide bonds. The summed E-state index contributed by atoms with van der Waals surface area (Å²) in [6.07, 6.45) is 0. The fraction of sp³-hybridized carbons (Fsp3) is 0.0714. The van der Waals surface area contributed by atoms with Crippen molar-refractivity contribution in [3.8, 4) is 0 Å². The van der Waals surface area contributed by atoms with Gasteiger partial charge < -0.3 is 5.21 Å². The lowest BCUT2D eigenvalue weighted by atomic mass is 9.98. The molecule has 17 heavy (non-hydrogen) atoms. The Morgan fingerprint density at radius 3 is 2.00 bits per heavy atom. The predicted octanol–water partition coefficient (Wildman–Crippen LogP) is 2.59. The largest absolute Gasteiger partial charge is 0.316 e. The van der Waals surface area contributed by atoms with Crippen molar-refractivity contribution in [3.63, 3.8) is 0 Å². The summed E-state index contributed by atoms with van der Waals surface area (Å²) in [5.41, 5.74) is 3.38. The van der Waals surface area contributed by atoms with Gasteiger partial charge in [0.25, 0.3) is 0 Å². The van der Waals surface area contributed by atoms with Gasteiger partial charge in [-0.2, -0.15) is 5.48 Å². The van der Waals surface area contributed by atoms with Crippen molar-refractivity contribution in [1.29, 1.82) is 0 Å². The average Bonchev–Trinajstić information content (AvgIpc) is 2.42. The van der Waals surface area contributed by atoms with Gasteiger partial charge >= 0.3 is 0 Å². The quantitative estimate of drug-likeness (QED) is 0.623. The number of hydrogen-bond acceptors (Lipinski definition) is 3. The number of ketones is 1. The molecule has 0 unspecified atom stereocenters. The Morgan fingerprint density at radius 2 is 1.47 bits per heavy atom. The molecular weight excluding hydrogens is 214 g/mol. The average molecular weight is 227 g/mol. The molecule has 1 atom stereocenters. The summed E-state index contributed by atoms with van der Waals surface area (Å²) >= 11 is 0. The van der Waals surface area contributed by atoms with Crippen molar-refractivity contribution in [1.82, 2.24) is 5.48 Å². The van der Waals surface area contributed by atoms with E-state index in [2.05, 4.69) is 5.48 Å². The number of nitrogens with one attached hydrogen (secondary N) is 1. The van der Waals surface area contributed by atoms with Crippen LogP contribution in [0.5, 0.6) is 0 Å². The van der Waals surface area contributed by atoms with E-state index in [0.717, 1.165) is 5.56 Å². The zero-order chi connectivity index (χ0) is 12.1. The van der Waals surface area contributed by atoms with Gasteiger partial charge in [0.15, 0.2) is 5.78 Å². The van der Waals surface area contributed by atoms with Crippen LogP contribution < -0.4 is 5.48 Å². The highest BCUT2D eigenvalue weighted by atomic mass is 16.5. The van der Waals surface area contributed by atoms with E-state index in [0.29, 0.717) is 5.56 Å². The molecule has 0 spiro atoms. The lowest BCUT2D eigenvalue weighted by Gasteiger charge is -2.14. The molecule has 0 aliphatic heterocycles. The van der Waals surface area contributed by atoms with Gasteiger partial charge in [0.1, 0.15) is 6.04 Å². The molecule has 0 fully saturated rings. The third-order valence-electron chi connectivity index (χ3n) is 2.58. The molecule has 2 aromatic carbocycles. The van der Waals surface area contributed by atoms with Gasteiger partial charge in [-0.1, -0.05) is 60.7 Å². The smallest absolute Gasteiger partial charge is 0.186 e. The first-order valence-electron chi connectivity index (χ1n) is 5.37. The first-order valence-corrected chi connectivity index (χ1v) is 5.37. The van der Waals surface area contributed by atoms with Crippen LogP contribution in [0.4, 0.5) is 0 Å². The zero-order valence-corrected chi connectivity index (χ0v) is 9.21. The molecule has 0 saturated carbocycles. The Balaban J connectivity index is 2.29. The highest BCUT2D eigenvalue weighted by Crippen LogP contribution is 2.17. The first-order chi connectivity index (χ1) is 8.33. The number of Topliss-reactive ketones (excluding diaryl/α,β-unsaturated/α-hetero) is 1. The third-order valence-corrected chi connectivity index (χ3v) is 2.58. The molecule has 2 aromatic rings. The molecule has 3 nitrogen and oxygen atoms in total. The molecule has 0 heterocycles. The van der Waals surface area contributed by atoms with Gasteiger partial charge in [0.2, 0.25) is 0 Å². The molecule has 86 valence electrons. The molecular formula is C14H13NO2. The lowest BCUT2D eigenvalue weighted by Crippen LogP contribution is -2.25. The van der Waals surface area contributed by atoms with Crippen LogP contribution >= 0.6 is 0 Å². The van der Waals surface area contributed by atoms with Crippen molar-refractivity contribution >= 4 is 5.78 Å². The maximum Gasteiger partial charge on any atom is 0.186 e. The van der Waals surface area contributed by atoms with Crippen LogP contribution in [0.2, 0.25) is 0 Å². The Labute approximate surface area is 99.7 Å². The van der Waals surface area contributed by atoms with Crippen LogP contribution in [-0.4, -0.2) is 11.0 Å². The van der Waals surface area contributed by atoms with E-state index in [1.54, 1.807) is 36.4 Å².